The lowest BCUT2D eigenvalue weighted by molar-refractivity contribution is -0.151. The van der Waals surface area contributed by atoms with Gasteiger partial charge in [0.15, 0.2) is 0 Å². The minimum atomic E-state index is -0.556. The van der Waals surface area contributed by atoms with E-state index in [-0.39, 0.29) is 54.8 Å². The Morgan fingerprint density at radius 3 is 2.39 bits per heavy atom. The molecule has 1 aliphatic rings. The average Bonchev–Trinajstić information content (AvgIpc) is 2.76. The first-order chi connectivity index (χ1) is 15.6. The number of esters is 1. The van der Waals surface area contributed by atoms with E-state index in [9.17, 15) is 19.5 Å². The van der Waals surface area contributed by atoms with Crippen molar-refractivity contribution in [2.75, 3.05) is 13.2 Å². The number of hydrogen-bond acceptors (Lipinski definition) is 5. The number of rotatable bonds is 6. The second-order valence-corrected chi connectivity index (χ2v) is 9.94. The molecule has 4 atom stereocenters. The fourth-order valence-electron chi connectivity index (χ4n) is 3.65. The summed E-state index contributed by atoms with van der Waals surface area (Å²) in [6, 6.07) is 9.06. The summed E-state index contributed by atoms with van der Waals surface area (Å²) in [6.07, 6.45) is 5.23. The first-order valence-electron chi connectivity index (χ1n) is 11.7. The first kappa shape index (κ1) is 26.6. The number of carbonyl (C=O) groups excluding carboxylic acids is 3. The van der Waals surface area contributed by atoms with Gasteiger partial charge in [0.1, 0.15) is 6.61 Å². The lowest BCUT2D eigenvalue weighted by atomic mass is 9.86. The molecular formula is C26H38N2O5. The summed E-state index contributed by atoms with van der Waals surface area (Å²) >= 11 is 0. The molecule has 0 unspecified atom stereocenters. The maximum Gasteiger partial charge on any atom is 0.309 e. The van der Waals surface area contributed by atoms with Gasteiger partial charge in [-0.15, -0.1) is 0 Å². The van der Waals surface area contributed by atoms with E-state index >= 15 is 0 Å². The number of carbonyl (C=O) groups is 3. The Balaban J connectivity index is 2.21. The van der Waals surface area contributed by atoms with Gasteiger partial charge in [0, 0.05) is 12.5 Å². The van der Waals surface area contributed by atoms with Gasteiger partial charge in [-0.1, -0.05) is 63.3 Å². The zero-order valence-corrected chi connectivity index (χ0v) is 20.2. The first-order valence-corrected chi connectivity index (χ1v) is 11.7. The largest absolute Gasteiger partial charge is 0.463 e. The number of benzene rings is 1. The smallest absolute Gasteiger partial charge is 0.309 e. The highest BCUT2D eigenvalue weighted by Crippen LogP contribution is 2.23. The van der Waals surface area contributed by atoms with Gasteiger partial charge in [0.2, 0.25) is 11.8 Å². The van der Waals surface area contributed by atoms with Gasteiger partial charge in [-0.2, -0.15) is 0 Å². The van der Waals surface area contributed by atoms with Crippen LogP contribution in [0.3, 0.4) is 0 Å². The third-order valence-corrected chi connectivity index (χ3v) is 5.90. The van der Waals surface area contributed by atoms with Crippen LogP contribution in [-0.2, 0) is 25.5 Å². The van der Waals surface area contributed by atoms with Crippen LogP contribution < -0.4 is 10.6 Å². The van der Waals surface area contributed by atoms with E-state index in [2.05, 4.69) is 10.6 Å². The van der Waals surface area contributed by atoms with E-state index in [1.165, 1.54) is 0 Å². The second-order valence-electron chi connectivity index (χ2n) is 9.94. The third kappa shape index (κ3) is 9.00. The van der Waals surface area contributed by atoms with Crippen molar-refractivity contribution in [1.29, 1.82) is 0 Å². The molecule has 2 amide bonds. The fourth-order valence-corrected chi connectivity index (χ4v) is 3.65. The number of amides is 2. The predicted octanol–water partition coefficient (Wildman–Crippen LogP) is 2.77. The Labute approximate surface area is 197 Å². The predicted molar refractivity (Wildman–Crippen MR) is 127 cm³/mol. The summed E-state index contributed by atoms with van der Waals surface area (Å²) in [4.78, 5) is 38.3. The highest BCUT2D eigenvalue weighted by atomic mass is 16.5. The molecule has 0 spiro atoms. The standard InChI is InChI=1S/C26H38N2O5/c1-18(16-29)27-23(30)15-20-12-8-9-13-21(14-19-10-6-5-7-11-19)25(32)33-17-22(26(2,3)4)28-24(20)31/h5-11,18,20-22,29H,12-17H2,1-4H3,(H,27,30)(H,28,31)/t18-,20-,21-,22-/m1/s1. The van der Waals surface area contributed by atoms with Gasteiger partial charge < -0.3 is 20.5 Å². The summed E-state index contributed by atoms with van der Waals surface area (Å²) in [5.74, 6) is -1.69. The summed E-state index contributed by atoms with van der Waals surface area (Å²) in [7, 11) is 0. The summed E-state index contributed by atoms with van der Waals surface area (Å²) in [5, 5.41) is 14.9. The van der Waals surface area contributed by atoms with Crippen LogP contribution in [0.1, 0.15) is 52.5 Å². The van der Waals surface area contributed by atoms with Gasteiger partial charge in [-0.3, -0.25) is 14.4 Å². The van der Waals surface area contributed by atoms with Crippen molar-refractivity contribution < 1.29 is 24.2 Å². The number of nitrogens with one attached hydrogen (secondary N) is 2. The van der Waals surface area contributed by atoms with Crippen LogP contribution in [0.25, 0.3) is 0 Å². The zero-order valence-electron chi connectivity index (χ0n) is 20.2. The van der Waals surface area contributed by atoms with E-state index in [0.29, 0.717) is 19.3 Å². The lowest BCUT2D eigenvalue weighted by Gasteiger charge is -2.33. The summed E-state index contributed by atoms with van der Waals surface area (Å²) in [5.41, 5.74) is 0.719. The molecule has 7 heteroatoms. The molecule has 33 heavy (non-hydrogen) atoms. The van der Waals surface area contributed by atoms with Crippen molar-refractivity contribution in [3.8, 4) is 0 Å². The van der Waals surface area contributed by atoms with Crippen LogP contribution in [0.5, 0.6) is 0 Å². The van der Waals surface area contributed by atoms with Gasteiger partial charge in [-0.25, -0.2) is 0 Å². The average molecular weight is 459 g/mol. The fraction of sp³-hybridized carbons (Fsp3) is 0.577. The van der Waals surface area contributed by atoms with Crippen LogP contribution in [0.15, 0.2) is 42.5 Å². The van der Waals surface area contributed by atoms with Crippen LogP contribution in [0, 0.1) is 17.3 Å². The van der Waals surface area contributed by atoms with Crippen molar-refractivity contribution >= 4 is 17.8 Å². The second kappa shape index (κ2) is 12.5. The third-order valence-electron chi connectivity index (χ3n) is 5.90. The molecule has 0 saturated carbocycles. The molecule has 7 nitrogen and oxygen atoms in total. The Bertz CT molecular complexity index is 816. The summed E-state index contributed by atoms with van der Waals surface area (Å²) in [6.45, 7) is 7.54. The normalized spacial score (nSPS) is 23.5. The van der Waals surface area contributed by atoms with Crippen molar-refractivity contribution in [3.63, 3.8) is 0 Å². The topological polar surface area (TPSA) is 105 Å². The van der Waals surface area contributed by atoms with Crippen LogP contribution in [0.2, 0.25) is 0 Å². The molecule has 0 saturated heterocycles. The van der Waals surface area contributed by atoms with Crippen LogP contribution in [0.4, 0.5) is 0 Å². The lowest BCUT2D eigenvalue weighted by Crippen LogP contribution is -2.50. The van der Waals surface area contributed by atoms with E-state index < -0.39 is 12.0 Å². The quantitative estimate of drug-likeness (QED) is 0.449. The minimum Gasteiger partial charge on any atom is -0.463 e. The van der Waals surface area contributed by atoms with Crippen LogP contribution >= 0.6 is 0 Å². The van der Waals surface area contributed by atoms with Crippen molar-refractivity contribution in [3.05, 3.63) is 48.0 Å². The van der Waals surface area contributed by atoms with E-state index in [1.54, 1.807) is 6.92 Å². The van der Waals surface area contributed by atoms with E-state index in [4.69, 9.17) is 4.74 Å². The monoisotopic (exact) mass is 458 g/mol. The molecule has 1 aromatic carbocycles. The zero-order chi connectivity index (χ0) is 24.4. The number of hydrogen-bond donors (Lipinski definition) is 3. The Morgan fingerprint density at radius 2 is 1.79 bits per heavy atom. The molecule has 0 aliphatic carbocycles. The van der Waals surface area contributed by atoms with E-state index in [0.717, 1.165) is 5.56 Å². The molecule has 182 valence electrons. The number of cyclic esters (lactones) is 1. The molecule has 0 bridgehead atoms. The highest BCUT2D eigenvalue weighted by Gasteiger charge is 2.32. The van der Waals surface area contributed by atoms with Crippen molar-refractivity contribution in [1.82, 2.24) is 10.6 Å². The van der Waals surface area contributed by atoms with Gasteiger partial charge in [0.05, 0.1) is 24.5 Å². The number of allylic oxidation sites excluding steroid dienone is 2. The molecule has 1 aliphatic heterocycles. The Kier molecular flexibility index (Phi) is 10.1. The summed E-state index contributed by atoms with van der Waals surface area (Å²) < 4.78 is 5.68. The molecule has 0 radical (unpaired) electrons. The maximum atomic E-state index is 13.1. The molecule has 1 heterocycles. The highest BCUT2D eigenvalue weighted by molar-refractivity contribution is 5.86. The van der Waals surface area contributed by atoms with Gasteiger partial charge in [-0.05, 0) is 37.2 Å². The Morgan fingerprint density at radius 1 is 1.15 bits per heavy atom. The minimum absolute atomic E-state index is 0.0185. The van der Waals surface area contributed by atoms with Gasteiger partial charge >= 0.3 is 5.97 Å². The molecule has 3 N–H and O–H groups in total. The molecular weight excluding hydrogens is 420 g/mol. The number of ether oxygens (including phenoxy) is 1. The SMILES string of the molecule is C[C@H](CO)NC(=O)C[C@H]1CC=CC[C@H](Cc2ccccc2)C(=O)OC[C@H](C(C)(C)C)NC1=O. The van der Waals surface area contributed by atoms with Crippen LogP contribution in [-0.4, -0.2) is 48.2 Å². The number of aliphatic hydroxyl groups excluding tert-OH is 1. The molecule has 0 aromatic heterocycles. The number of aliphatic hydroxyl groups is 1. The molecule has 0 fully saturated rings. The molecule has 2 rings (SSSR count). The molecule has 1 aromatic rings. The Hall–Kier alpha value is -2.67. The van der Waals surface area contributed by atoms with E-state index in [1.807, 2.05) is 63.3 Å². The van der Waals surface area contributed by atoms with Crippen molar-refractivity contribution in [2.45, 2.75) is 65.5 Å². The van der Waals surface area contributed by atoms with Gasteiger partial charge in [0.25, 0.3) is 0 Å². The maximum absolute atomic E-state index is 13.1. The van der Waals surface area contributed by atoms with Crippen molar-refractivity contribution in [2.24, 2.45) is 17.3 Å².